The second kappa shape index (κ2) is 10.0. The SMILES string of the molecule is O=C(O)CCCCCN=C1CCCC(=O)/C1=C(/O)Cc1cccc2ccccc12. The second-order valence-electron chi connectivity index (χ2n) is 7.45. The molecule has 0 saturated heterocycles. The molecule has 5 nitrogen and oxygen atoms in total. The number of aliphatic hydroxyl groups is 1. The molecule has 5 heteroatoms. The van der Waals surface area contributed by atoms with E-state index in [0.29, 0.717) is 43.5 Å². The fraction of sp³-hybridized carbons (Fsp3) is 0.375. The zero-order valence-corrected chi connectivity index (χ0v) is 16.6. The first-order valence-electron chi connectivity index (χ1n) is 10.2. The van der Waals surface area contributed by atoms with Crippen molar-refractivity contribution in [2.24, 2.45) is 4.99 Å². The number of aliphatic imine (C=N–C) groups is 1. The van der Waals surface area contributed by atoms with E-state index in [0.717, 1.165) is 35.6 Å². The number of fused-ring (bicyclic) bond motifs is 1. The van der Waals surface area contributed by atoms with Crippen molar-refractivity contribution in [3.8, 4) is 0 Å². The lowest BCUT2D eigenvalue weighted by Crippen LogP contribution is -2.22. The fourth-order valence-corrected chi connectivity index (χ4v) is 3.81. The first kappa shape index (κ1) is 20.8. The molecular weight excluding hydrogens is 366 g/mol. The van der Waals surface area contributed by atoms with E-state index >= 15 is 0 Å². The van der Waals surface area contributed by atoms with Crippen LogP contribution >= 0.6 is 0 Å². The number of aliphatic hydroxyl groups excluding tert-OH is 1. The van der Waals surface area contributed by atoms with Gasteiger partial charge in [0.15, 0.2) is 5.78 Å². The molecule has 1 fully saturated rings. The number of aliphatic carboxylic acids is 1. The summed E-state index contributed by atoms with van der Waals surface area (Å²) in [6, 6.07) is 14.0. The third-order valence-corrected chi connectivity index (χ3v) is 5.26. The van der Waals surface area contributed by atoms with Crippen LogP contribution in [0.15, 0.2) is 58.8 Å². The average molecular weight is 393 g/mol. The van der Waals surface area contributed by atoms with Crippen LogP contribution in [-0.4, -0.2) is 34.2 Å². The van der Waals surface area contributed by atoms with E-state index < -0.39 is 5.97 Å². The van der Waals surface area contributed by atoms with Gasteiger partial charge in [0.05, 0.1) is 5.57 Å². The molecule has 0 bridgehead atoms. The van der Waals surface area contributed by atoms with Gasteiger partial charge in [0.2, 0.25) is 0 Å². The number of carboxylic acid groups (broad SMARTS) is 1. The maximum Gasteiger partial charge on any atom is 0.303 e. The lowest BCUT2D eigenvalue weighted by molar-refractivity contribution is -0.137. The largest absolute Gasteiger partial charge is 0.511 e. The molecule has 2 N–H and O–H groups in total. The molecular formula is C24H27NO4. The standard InChI is InChI=1S/C24H27NO4/c26-21-13-7-12-20(25-15-5-1-2-14-23(28)29)24(21)22(27)16-18-10-6-9-17-8-3-4-11-19(17)18/h3-4,6,8-11,27H,1-2,5,7,12-16H2,(H,28,29)/b24-22+,25-20?. The van der Waals surface area contributed by atoms with Crippen LogP contribution in [-0.2, 0) is 16.0 Å². The van der Waals surface area contributed by atoms with Gasteiger partial charge in [-0.25, -0.2) is 0 Å². The van der Waals surface area contributed by atoms with Gasteiger partial charge in [-0.2, -0.15) is 0 Å². The maximum atomic E-state index is 12.5. The number of rotatable bonds is 8. The number of Topliss-reactive ketones (excluding diaryl/α,β-unsaturated/α-hetero) is 1. The summed E-state index contributed by atoms with van der Waals surface area (Å²) in [6.07, 6.45) is 4.56. The van der Waals surface area contributed by atoms with Crippen LogP contribution < -0.4 is 0 Å². The highest BCUT2D eigenvalue weighted by atomic mass is 16.4. The van der Waals surface area contributed by atoms with Gasteiger partial charge in [-0.1, -0.05) is 48.9 Å². The van der Waals surface area contributed by atoms with Crippen LogP contribution in [0.25, 0.3) is 10.8 Å². The van der Waals surface area contributed by atoms with E-state index in [2.05, 4.69) is 4.99 Å². The summed E-state index contributed by atoms with van der Waals surface area (Å²) in [6.45, 7) is 0.549. The summed E-state index contributed by atoms with van der Waals surface area (Å²) in [4.78, 5) is 27.7. The van der Waals surface area contributed by atoms with Crippen LogP contribution in [0.4, 0.5) is 0 Å². The minimum atomic E-state index is -0.780. The Morgan fingerprint density at radius 2 is 1.76 bits per heavy atom. The number of carboxylic acids is 1. The number of allylic oxidation sites excluding steroid dienone is 2. The van der Waals surface area contributed by atoms with Gasteiger partial charge >= 0.3 is 5.97 Å². The molecule has 1 saturated carbocycles. The Morgan fingerprint density at radius 1 is 0.966 bits per heavy atom. The number of ketones is 1. The highest BCUT2D eigenvalue weighted by Crippen LogP contribution is 2.25. The zero-order chi connectivity index (χ0) is 20.6. The maximum absolute atomic E-state index is 12.5. The second-order valence-corrected chi connectivity index (χ2v) is 7.45. The molecule has 29 heavy (non-hydrogen) atoms. The van der Waals surface area contributed by atoms with Crippen LogP contribution in [0.1, 0.15) is 50.5 Å². The predicted octanol–water partition coefficient (Wildman–Crippen LogP) is 5.03. The predicted molar refractivity (Wildman–Crippen MR) is 115 cm³/mol. The van der Waals surface area contributed by atoms with E-state index in [-0.39, 0.29) is 18.0 Å². The summed E-state index contributed by atoms with van der Waals surface area (Å²) in [7, 11) is 0. The molecule has 0 atom stereocenters. The molecule has 0 radical (unpaired) electrons. The average Bonchev–Trinajstić information content (AvgIpc) is 2.70. The smallest absolute Gasteiger partial charge is 0.303 e. The van der Waals surface area contributed by atoms with Crippen molar-refractivity contribution in [2.45, 2.75) is 51.4 Å². The van der Waals surface area contributed by atoms with Gasteiger partial charge in [0.25, 0.3) is 0 Å². The number of hydrogen-bond donors (Lipinski definition) is 2. The van der Waals surface area contributed by atoms with Crippen molar-refractivity contribution in [1.82, 2.24) is 0 Å². The van der Waals surface area contributed by atoms with Crippen molar-refractivity contribution in [3.05, 3.63) is 59.4 Å². The van der Waals surface area contributed by atoms with Gasteiger partial charge in [-0.15, -0.1) is 0 Å². The molecule has 2 aromatic carbocycles. The van der Waals surface area contributed by atoms with E-state index in [9.17, 15) is 14.7 Å². The molecule has 1 aliphatic rings. The molecule has 0 aromatic heterocycles. The van der Waals surface area contributed by atoms with Crippen molar-refractivity contribution in [2.75, 3.05) is 6.54 Å². The highest BCUT2D eigenvalue weighted by molar-refractivity contribution is 6.24. The van der Waals surface area contributed by atoms with Gasteiger partial charge in [-0.05, 0) is 42.0 Å². The Balaban J connectivity index is 1.76. The van der Waals surface area contributed by atoms with Crippen LogP contribution in [0.3, 0.4) is 0 Å². The Labute approximate surface area is 170 Å². The van der Waals surface area contributed by atoms with E-state index in [1.807, 2.05) is 42.5 Å². The summed E-state index contributed by atoms with van der Waals surface area (Å²) in [5.74, 6) is -0.730. The van der Waals surface area contributed by atoms with Crippen molar-refractivity contribution in [3.63, 3.8) is 0 Å². The van der Waals surface area contributed by atoms with E-state index in [1.165, 1.54) is 0 Å². The summed E-state index contributed by atoms with van der Waals surface area (Å²) < 4.78 is 0. The Morgan fingerprint density at radius 3 is 2.59 bits per heavy atom. The summed E-state index contributed by atoms with van der Waals surface area (Å²) in [5.41, 5.74) is 2.06. The molecule has 3 rings (SSSR count). The number of carbonyl (C=O) groups is 2. The number of nitrogens with zero attached hydrogens (tertiary/aromatic N) is 1. The Bertz CT molecular complexity index is 953. The Kier molecular flexibility index (Phi) is 7.17. The molecule has 0 heterocycles. The van der Waals surface area contributed by atoms with Crippen molar-refractivity contribution < 1.29 is 19.8 Å². The van der Waals surface area contributed by atoms with Gasteiger partial charge in [0.1, 0.15) is 5.76 Å². The summed E-state index contributed by atoms with van der Waals surface area (Å²) >= 11 is 0. The summed E-state index contributed by atoms with van der Waals surface area (Å²) in [5, 5.41) is 21.7. The third kappa shape index (κ3) is 5.53. The van der Waals surface area contributed by atoms with Gasteiger partial charge < -0.3 is 10.2 Å². The van der Waals surface area contributed by atoms with Crippen molar-refractivity contribution >= 4 is 28.2 Å². The topological polar surface area (TPSA) is 87.0 Å². The monoisotopic (exact) mass is 393 g/mol. The molecule has 0 spiro atoms. The van der Waals surface area contributed by atoms with E-state index in [1.54, 1.807) is 0 Å². The molecule has 2 aromatic rings. The Hall–Kier alpha value is -2.95. The molecule has 0 aliphatic heterocycles. The van der Waals surface area contributed by atoms with Crippen LogP contribution in [0.2, 0.25) is 0 Å². The van der Waals surface area contributed by atoms with Gasteiger partial charge in [-0.3, -0.25) is 14.6 Å². The first-order valence-corrected chi connectivity index (χ1v) is 10.2. The minimum Gasteiger partial charge on any atom is -0.511 e. The number of unbranched alkanes of at least 4 members (excludes halogenated alkanes) is 2. The number of carbonyl (C=O) groups excluding carboxylic acids is 1. The molecule has 0 amide bonds. The fourth-order valence-electron chi connectivity index (χ4n) is 3.81. The number of hydrogen-bond acceptors (Lipinski definition) is 4. The van der Waals surface area contributed by atoms with Crippen LogP contribution in [0, 0.1) is 0 Å². The molecule has 152 valence electrons. The first-order chi connectivity index (χ1) is 14.1. The van der Waals surface area contributed by atoms with Gasteiger partial charge in [0, 0.05) is 31.5 Å². The minimum absolute atomic E-state index is 0.0430. The molecule has 1 aliphatic carbocycles. The highest BCUT2D eigenvalue weighted by Gasteiger charge is 2.25. The normalized spacial score (nSPS) is 17.7. The van der Waals surface area contributed by atoms with E-state index in [4.69, 9.17) is 5.11 Å². The molecule has 0 unspecified atom stereocenters. The number of benzene rings is 2. The zero-order valence-electron chi connectivity index (χ0n) is 16.6. The van der Waals surface area contributed by atoms with Crippen LogP contribution in [0.5, 0.6) is 0 Å². The lowest BCUT2D eigenvalue weighted by Gasteiger charge is -2.18. The van der Waals surface area contributed by atoms with Crippen molar-refractivity contribution in [1.29, 1.82) is 0 Å². The lowest BCUT2D eigenvalue weighted by atomic mass is 9.88. The third-order valence-electron chi connectivity index (χ3n) is 5.26. The quantitative estimate of drug-likeness (QED) is 0.374.